The maximum Gasteiger partial charge on any atom is 0.222 e. The number of aryl methyl sites for hydroxylation is 1. The van der Waals surface area contributed by atoms with Crippen LogP contribution in [0.5, 0.6) is 0 Å². The highest BCUT2D eigenvalue weighted by Gasteiger charge is 2.22. The second-order valence-electron chi connectivity index (χ2n) is 4.23. The third-order valence-electron chi connectivity index (χ3n) is 3.05. The van der Waals surface area contributed by atoms with Gasteiger partial charge in [-0.15, -0.1) is 0 Å². The van der Waals surface area contributed by atoms with Gasteiger partial charge in [-0.05, 0) is 19.3 Å². The highest BCUT2D eigenvalue weighted by molar-refractivity contribution is 5.44. The molecule has 0 radical (unpaired) electrons. The number of nitrogen functional groups attached to an aromatic ring is 1. The minimum Gasteiger partial charge on any atom is -0.368 e. The highest BCUT2D eigenvalue weighted by atomic mass is 15.2. The predicted octanol–water partition coefficient (Wildman–Crippen LogP) is 1.60. The Labute approximate surface area is 90.5 Å². The van der Waals surface area contributed by atoms with Crippen LogP contribution in [0.15, 0.2) is 6.07 Å². The zero-order valence-corrected chi connectivity index (χ0v) is 9.40. The first kappa shape index (κ1) is 10.2. The van der Waals surface area contributed by atoms with E-state index in [2.05, 4.69) is 21.8 Å². The van der Waals surface area contributed by atoms with Crippen LogP contribution in [0.3, 0.4) is 0 Å². The van der Waals surface area contributed by atoms with Crippen molar-refractivity contribution in [2.75, 3.05) is 23.7 Å². The van der Waals surface area contributed by atoms with Crippen LogP contribution in [0.2, 0.25) is 0 Å². The van der Waals surface area contributed by atoms with Crippen LogP contribution in [0, 0.1) is 12.8 Å². The van der Waals surface area contributed by atoms with Gasteiger partial charge in [0.05, 0.1) is 0 Å². The summed E-state index contributed by atoms with van der Waals surface area (Å²) in [5.41, 5.74) is 6.59. The Morgan fingerprint density at radius 3 is 2.93 bits per heavy atom. The van der Waals surface area contributed by atoms with Crippen molar-refractivity contribution >= 4 is 11.8 Å². The van der Waals surface area contributed by atoms with E-state index in [4.69, 9.17) is 5.73 Å². The average molecular weight is 206 g/mol. The van der Waals surface area contributed by atoms with Crippen molar-refractivity contribution in [1.29, 1.82) is 0 Å². The molecule has 0 aliphatic carbocycles. The van der Waals surface area contributed by atoms with Gasteiger partial charge in [0, 0.05) is 24.8 Å². The van der Waals surface area contributed by atoms with Gasteiger partial charge in [0.1, 0.15) is 5.82 Å². The number of aromatic nitrogens is 2. The zero-order valence-electron chi connectivity index (χ0n) is 9.40. The molecule has 1 unspecified atom stereocenters. The molecule has 0 aromatic carbocycles. The number of nitrogens with two attached hydrogens (primary N) is 1. The number of hydrogen-bond acceptors (Lipinski definition) is 4. The highest BCUT2D eigenvalue weighted by Crippen LogP contribution is 2.24. The SMILES string of the molecule is CCC1CCN(c2cc(C)nc(N)n2)C1. The Hall–Kier alpha value is -1.32. The van der Waals surface area contributed by atoms with Gasteiger partial charge in [-0.25, -0.2) is 4.98 Å². The van der Waals surface area contributed by atoms with Crippen molar-refractivity contribution in [3.05, 3.63) is 11.8 Å². The van der Waals surface area contributed by atoms with Crippen molar-refractivity contribution < 1.29 is 0 Å². The first-order valence-corrected chi connectivity index (χ1v) is 5.55. The molecule has 1 fully saturated rings. The number of rotatable bonds is 2. The molecule has 2 heterocycles. The molecule has 1 saturated heterocycles. The van der Waals surface area contributed by atoms with E-state index in [0.29, 0.717) is 5.95 Å². The lowest BCUT2D eigenvalue weighted by atomic mass is 10.1. The average Bonchev–Trinajstić information content (AvgIpc) is 2.64. The van der Waals surface area contributed by atoms with Crippen LogP contribution in [-0.4, -0.2) is 23.1 Å². The Kier molecular flexibility index (Phi) is 2.75. The molecule has 0 amide bonds. The van der Waals surface area contributed by atoms with Gasteiger partial charge in [0.15, 0.2) is 0 Å². The van der Waals surface area contributed by atoms with E-state index in [9.17, 15) is 0 Å². The number of hydrogen-bond donors (Lipinski definition) is 1. The maximum atomic E-state index is 5.65. The fourth-order valence-corrected chi connectivity index (χ4v) is 2.11. The quantitative estimate of drug-likeness (QED) is 0.798. The zero-order chi connectivity index (χ0) is 10.8. The van der Waals surface area contributed by atoms with Crippen LogP contribution in [0.25, 0.3) is 0 Å². The van der Waals surface area contributed by atoms with E-state index in [1.807, 2.05) is 13.0 Å². The predicted molar refractivity (Wildman–Crippen MR) is 61.8 cm³/mol. The summed E-state index contributed by atoms with van der Waals surface area (Å²) < 4.78 is 0. The molecule has 4 nitrogen and oxygen atoms in total. The topological polar surface area (TPSA) is 55.0 Å². The standard InChI is InChI=1S/C11H18N4/c1-3-9-4-5-15(7-9)10-6-8(2)13-11(12)14-10/h6,9H,3-5,7H2,1-2H3,(H2,12,13,14). The first-order chi connectivity index (χ1) is 7.19. The third-order valence-corrected chi connectivity index (χ3v) is 3.05. The summed E-state index contributed by atoms with van der Waals surface area (Å²) in [7, 11) is 0. The molecular weight excluding hydrogens is 188 g/mol. The molecule has 1 aliphatic heterocycles. The van der Waals surface area contributed by atoms with E-state index >= 15 is 0 Å². The van der Waals surface area contributed by atoms with Crippen molar-refractivity contribution in [3.63, 3.8) is 0 Å². The van der Waals surface area contributed by atoms with Crippen LogP contribution in [0.4, 0.5) is 11.8 Å². The van der Waals surface area contributed by atoms with Crippen molar-refractivity contribution in [2.45, 2.75) is 26.7 Å². The van der Waals surface area contributed by atoms with Gasteiger partial charge in [0.25, 0.3) is 0 Å². The fourth-order valence-electron chi connectivity index (χ4n) is 2.11. The molecule has 1 atom stereocenters. The lowest BCUT2D eigenvalue weighted by molar-refractivity contribution is 0.568. The summed E-state index contributed by atoms with van der Waals surface area (Å²) in [5, 5.41) is 0. The molecule has 1 aromatic rings. The van der Waals surface area contributed by atoms with Crippen LogP contribution in [0.1, 0.15) is 25.5 Å². The van der Waals surface area contributed by atoms with Gasteiger partial charge in [0.2, 0.25) is 5.95 Å². The lowest BCUT2D eigenvalue weighted by Gasteiger charge is -2.17. The molecule has 2 N–H and O–H groups in total. The summed E-state index contributed by atoms with van der Waals surface area (Å²) >= 11 is 0. The summed E-state index contributed by atoms with van der Waals surface area (Å²) in [6, 6.07) is 2.01. The largest absolute Gasteiger partial charge is 0.368 e. The van der Waals surface area contributed by atoms with Gasteiger partial charge < -0.3 is 10.6 Å². The number of nitrogens with zero attached hydrogens (tertiary/aromatic N) is 3. The first-order valence-electron chi connectivity index (χ1n) is 5.55. The molecule has 0 saturated carbocycles. The monoisotopic (exact) mass is 206 g/mol. The Bertz CT molecular complexity index is 330. The molecule has 82 valence electrons. The summed E-state index contributed by atoms with van der Waals surface area (Å²) in [6.45, 7) is 6.39. The van der Waals surface area contributed by atoms with E-state index in [-0.39, 0.29) is 0 Å². The van der Waals surface area contributed by atoms with E-state index < -0.39 is 0 Å². The minimum absolute atomic E-state index is 0.380. The van der Waals surface area contributed by atoms with Gasteiger partial charge in [-0.3, -0.25) is 0 Å². The number of anilines is 2. The summed E-state index contributed by atoms with van der Waals surface area (Å²) in [6.07, 6.45) is 2.51. The molecular formula is C11H18N4. The van der Waals surface area contributed by atoms with Gasteiger partial charge in [-0.1, -0.05) is 13.3 Å². The Morgan fingerprint density at radius 2 is 2.33 bits per heavy atom. The second-order valence-corrected chi connectivity index (χ2v) is 4.23. The molecule has 4 heteroatoms. The van der Waals surface area contributed by atoms with Crippen LogP contribution in [-0.2, 0) is 0 Å². The second kappa shape index (κ2) is 4.04. The smallest absolute Gasteiger partial charge is 0.222 e. The molecule has 1 aromatic heterocycles. The van der Waals surface area contributed by atoms with E-state index in [0.717, 1.165) is 30.5 Å². The third kappa shape index (κ3) is 2.19. The maximum absolute atomic E-state index is 5.65. The molecule has 15 heavy (non-hydrogen) atoms. The lowest BCUT2D eigenvalue weighted by Crippen LogP contribution is -2.21. The van der Waals surface area contributed by atoms with Gasteiger partial charge >= 0.3 is 0 Å². The molecule has 1 aliphatic rings. The normalized spacial score (nSPS) is 20.9. The van der Waals surface area contributed by atoms with Crippen LogP contribution < -0.4 is 10.6 Å². The fraction of sp³-hybridized carbons (Fsp3) is 0.636. The van der Waals surface area contributed by atoms with Crippen LogP contribution >= 0.6 is 0 Å². The minimum atomic E-state index is 0.380. The Balaban J connectivity index is 2.16. The molecule has 0 bridgehead atoms. The Morgan fingerprint density at radius 1 is 1.53 bits per heavy atom. The van der Waals surface area contributed by atoms with Crippen molar-refractivity contribution in [3.8, 4) is 0 Å². The summed E-state index contributed by atoms with van der Waals surface area (Å²) in [4.78, 5) is 10.7. The van der Waals surface area contributed by atoms with E-state index in [1.54, 1.807) is 0 Å². The van der Waals surface area contributed by atoms with E-state index in [1.165, 1.54) is 12.8 Å². The van der Waals surface area contributed by atoms with Crippen molar-refractivity contribution in [1.82, 2.24) is 9.97 Å². The van der Waals surface area contributed by atoms with Gasteiger partial charge in [-0.2, -0.15) is 4.98 Å². The molecule has 0 spiro atoms. The summed E-state index contributed by atoms with van der Waals surface area (Å²) in [5.74, 6) is 2.17. The molecule has 2 rings (SSSR count). The van der Waals surface area contributed by atoms with Crippen molar-refractivity contribution in [2.24, 2.45) is 5.92 Å².